The van der Waals surface area contributed by atoms with E-state index >= 15 is 0 Å². The molecule has 1 aromatic carbocycles. The van der Waals surface area contributed by atoms with Gasteiger partial charge in [-0.05, 0) is 22.0 Å². The maximum atomic E-state index is 12.5. The van der Waals surface area contributed by atoms with Crippen LogP contribution in [0.25, 0.3) is 0 Å². The van der Waals surface area contributed by atoms with E-state index in [1.54, 1.807) is 0 Å². The predicted molar refractivity (Wildman–Crippen MR) is 38.5 cm³/mol. The van der Waals surface area contributed by atoms with Gasteiger partial charge in [-0.2, -0.15) is 0 Å². The molecule has 0 radical (unpaired) electrons. The third-order valence-electron chi connectivity index (χ3n) is 1.02. The van der Waals surface area contributed by atoms with Crippen LogP contribution in [0.2, 0.25) is 0 Å². The Bertz CT molecular complexity index is 239. The van der Waals surface area contributed by atoms with Crippen molar-refractivity contribution in [3.8, 4) is 0 Å². The van der Waals surface area contributed by atoms with Crippen LogP contribution < -0.4 is 5.73 Å². The van der Waals surface area contributed by atoms with Crippen LogP contribution in [0.4, 0.5) is 14.5 Å². The molecular formula is C6H4BrF2N. The van der Waals surface area contributed by atoms with Crippen molar-refractivity contribution in [3.05, 3.63) is 28.2 Å². The van der Waals surface area contributed by atoms with E-state index in [4.69, 9.17) is 5.73 Å². The number of nitrogens with two attached hydrogens (primary N) is 1. The largest absolute Gasteiger partial charge is 0.398 e. The van der Waals surface area contributed by atoms with Gasteiger partial charge < -0.3 is 5.73 Å². The maximum Gasteiger partial charge on any atom is 0.142 e. The molecule has 0 saturated carbocycles. The number of nitrogen functional groups attached to an aromatic ring is 1. The summed E-state index contributed by atoms with van der Waals surface area (Å²) < 4.78 is 24.8. The fourth-order valence-corrected chi connectivity index (χ4v) is 0.805. The Balaban J connectivity index is 3.31. The standard InChI is InChI=1S/C6H4BrF2N/c7-6-4(9)1-3(8)2-5(6)10/h1-2H,10H2. The summed E-state index contributed by atoms with van der Waals surface area (Å²) in [5, 5.41) is 0. The summed E-state index contributed by atoms with van der Waals surface area (Å²) in [6, 6.07) is 1.81. The molecule has 0 atom stereocenters. The Labute approximate surface area is 65.0 Å². The first-order valence-corrected chi connectivity index (χ1v) is 3.30. The number of anilines is 1. The second-order valence-electron chi connectivity index (χ2n) is 1.79. The maximum absolute atomic E-state index is 12.5. The fraction of sp³-hybridized carbons (Fsp3) is 0. The molecule has 0 aliphatic heterocycles. The average molecular weight is 208 g/mol. The Morgan fingerprint density at radius 2 is 1.90 bits per heavy atom. The van der Waals surface area contributed by atoms with Gasteiger partial charge in [-0.3, -0.25) is 0 Å². The zero-order valence-electron chi connectivity index (χ0n) is 4.87. The lowest BCUT2D eigenvalue weighted by Crippen LogP contribution is -1.91. The molecule has 4 heteroatoms. The minimum atomic E-state index is -0.683. The van der Waals surface area contributed by atoms with E-state index in [-0.39, 0.29) is 10.2 Å². The summed E-state index contributed by atoms with van der Waals surface area (Å²) in [5.41, 5.74) is 5.26. The molecule has 0 heterocycles. The summed E-state index contributed by atoms with van der Waals surface area (Å²) in [6.45, 7) is 0. The molecule has 0 spiro atoms. The van der Waals surface area contributed by atoms with Gasteiger partial charge >= 0.3 is 0 Å². The van der Waals surface area contributed by atoms with Crippen molar-refractivity contribution >= 4 is 21.6 Å². The minimum Gasteiger partial charge on any atom is -0.398 e. The Hall–Kier alpha value is -0.640. The van der Waals surface area contributed by atoms with Crippen molar-refractivity contribution in [2.24, 2.45) is 0 Å². The molecular weight excluding hydrogens is 204 g/mol. The summed E-state index contributed by atoms with van der Waals surface area (Å²) in [4.78, 5) is 0. The smallest absolute Gasteiger partial charge is 0.142 e. The van der Waals surface area contributed by atoms with Gasteiger partial charge in [-0.1, -0.05) is 0 Å². The molecule has 2 N–H and O–H groups in total. The molecule has 0 unspecified atom stereocenters. The van der Waals surface area contributed by atoms with Crippen molar-refractivity contribution in [1.29, 1.82) is 0 Å². The molecule has 0 saturated heterocycles. The van der Waals surface area contributed by atoms with Gasteiger partial charge in [-0.15, -0.1) is 0 Å². The number of hydrogen-bond donors (Lipinski definition) is 1. The van der Waals surface area contributed by atoms with Crippen molar-refractivity contribution in [3.63, 3.8) is 0 Å². The summed E-state index contributed by atoms with van der Waals surface area (Å²) in [7, 11) is 0. The SMILES string of the molecule is Nc1cc(F)cc(F)c1Br. The molecule has 54 valence electrons. The van der Waals surface area contributed by atoms with Gasteiger partial charge in [0.25, 0.3) is 0 Å². The summed E-state index contributed by atoms with van der Waals surface area (Å²) in [6.07, 6.45) is 0. The van der Waals surface area contributed by atoms with Gasteiger partial charge in [0, 0.05) is 6.07 Å². The zero-order valence-corrected chi connectivity index (χ0v) is 6.45. The van der Waals surface area contributed by atoms with E-state index in [9.17, 15) is 8.78 Å². The van der Waals surface area contributed by atoms with Crippen LogP contribution in [0, 0.1) is 11.6 Å². The Morgan fingerprint density at radius 3 is 2.40 bits per heavy atom. The highest BCUT2D eigenvalue weighted by Gasteiger charge is 2.04. The van der Waals surface area contributed by atoms with Crippen molar-refractivity contribution < 1.29 is 8.78 Å². The minimum absolute atomic E-state index is 0.0671. The van der Waals surface area contributed by atoms with Crippen molar-refractivity contribution in [1.82, 2.24) is 0 Å². The summed E-state index contributed by atoms with van der Waals surface area (Å²) >= 11 is 2.85. The molecule has 0 aliphatic carbocycles. The third-order valence-corrected chi connectivity index (χ3v) is 1.86. The monoisotopic (exact) mass is 207 g/mol. The van der Waals surface area contributed by atoms with E-state index in [2.05, 4.69) is 15.9 Å². The lowest BCUT2D eigenvalue weighted by Gasteiger charge is -1.97. The van der Waals surface area contributed by atoms with Crippen LogP contribution in [0.5, 0.6) is 0 Å². The first kappa shape index (κ1) is 7.47. The van der Waals surface area contributed by atoms with Crippen LogP contribution in [-0.2, 0) is 0 Å². The highest BCUT2D eigenvalue weighted by molar-refractivity contribution is 9.10. The van der Waals surface area contributed by atoms with E-state index in [1.807, 2.05) is 0 Å². The van der Waals surface area contributed by atoms with E-state index in [0.29, 0.717) is 0 Å². The summed E-state index contributed by atoms with van der Waals surface area (Å²) in [5.74, 6) is -1.35. The topological polar surface area (TPSA) is 26.0 Å². The lowest BCUT2D eigenvalue weighted by molar-refractivity contribution is 0.580. The molecule has 1 aromatic rings. The van der Waals surface area contributed by atoms with Gasteiger partial charge in [0.05, 0.1) is 10.2 Å². The second kappa shape index (κ2) is 2.54. The molecule has 1 nitrogen and oxygen atoms in total. The third kappa shape index (κ3) is 1.26. The first-order valence-electron chi connectivity index (χ1n) is 2.51. The molecule has 0 aliphatic rings. The number of benzene rings is 1. The van der Waals surface area contributed by atoms with E-state index in [1.165, 1.54) is 0 Å². The van der Waals surface area contributed by atoms with Crippen LogP contribution in [-0.4, -0.2) is 0 Å². The van der Waals surface area contributed by atoms with Gasteiger partial charge in [-0.25, -0.2) is 8.78 Å². The molecule has 0 amide bonds. The van der Waals surface area contributed by atoms with Crippen molar-refractivity contribution in [2.45, 2.75) is 0 Å². The van der Waals surface area contributed by atoms with Gasteiger partial charge in [0.1, 0.15) is 11.6 Å². The Kier molecular flexibility index (Phi) is 1.89. The molecule has 0 fully saturated rings. The van der Waals surface area contributed by atoms with Gasteiger partial charge in [0.2, 0.25) is 0 Å². The number of halogens is 3. The van der Waals surface area contributed by atoms with Crippen molar-refractivity contribution in [2.75, 3.05) is 5.73 Å². The highest BCUT2D eigenvalue weighted by atomic mass is 79.9. The lowest BCUT2D eigenvalue weighted by atomic mass is 10.3. The van der Waals surface area contributed by atoms with E-state index in [0.717, 1.165) is 12.1 Å². The number of hydrogen-bond acceptors (Lipinski definition) is 1. The van der Waals surface area contributed by atoms with Crippen LogP contribution in [0.3, 0.4) is 0 Å². The average Bonchev–Trinajstić information content (AvgIpc) is 1.82. The quantitative estimate of drug-likeness (QED) is 0.513. The normalized spacial score (nSPS) is 9.90. The molecule has 0 aromatic heterocycles. The molecule has 10 heavy (non-hydrogen) atoms. The first-order chi connectivity index (χ1) is 4.61. The predicted octanol–water partition coefficient (Wildman–Crippen LogP) is 2.31. The molecule has 1 rings (SSSR count). The second-order valence-corrected chi connectivity index (χ2v) is 2.58. The van der Waals surface area contributed by atoms with E-state index < -0.39 is 11.6 Å². The van der Waals surface area contributed by atoms with Crippen LogP contribution in [0.15, 0.2) is 16.6 Å². The molecule has 0 bridgehead atoms. The Morgan fingerprint density at radius 1 is 1.30 bits per heavy atom. The van der Waals surface area contributed by atoms with Crippen LogP contribution in [0.1, 0.15) is 0 Å². The fourth-order valence-electron chi connectivity index (χ4n) is 0.576. The number of rotatable bonds is 0. The van der Waals surface area contributed by atoms with Gasteiger partial charge in [0.15, 0.2) is 0 Å². The zero-order chi connectivity index (χ0) is 7.72. The van der Waals surface area contributed by atoms with Crippen LogP contribution >= 0.6 is 15.9 Å². The highest BCUT2D eigenvalue weighted by Crippen LogP contribution is 2.23.